The molecule has 1 amide bonds. The lowest BCUT2D eigenvalue weighted by Gasteiger charge is -2.12. The number of hydrogen-bond acceptors (Lipinski definition) is 3. The zero-order valence-corrected chi connectivity index (χ0v) is 10.3. The summed E-state index contributed by atoms with van der Waals surface area (Å²) in [5, 5.41) is 2.09. The third kappa shape index (κ3) is 4.06. The maximum atomic E-state index is 10.6. The van der Waals surface area contributed by atoms with E-state index < -0.39 is 0 Å². The Labute approximate surface area is 95.1 Å². The van der Waals surface area contributed by atoms with Gasteiger partial charge in [0.15, 0.2) is 0 Å². The fourth-order valence-electron chi connectivity index (χ4n) is 1.02. The lowest BCUT2D eigenvalue weighted by molar-refractivity contribution is -0.118. The van der Waals surface area contributed by atoms with Crippen LogP contribution in [0.5, 0.6) is 0 Å². The summed E-state index contributed by atoms with van der Waals surface area (Å²) in [6.07, 6.45) is 0. The number of primary amides is 1. The van der Waals surface area contributed by atoms with E-state index in [0.29, 0.717) is 6.54 Å². The lowest BCUT2D eigenvalue weighted by atomic mass is 10.4. The number of halogens is 1. The second kappa shape index (κ2) is 4.92. The number of thiophene rings is 1. The van der Waals surface area contributed by atoms with E-state index in [1.807, 2.05) is 11.9 Å². The highest BCUT2D eigenvalue weighted by Gasteiger charge is 2.04. The van der Waals surface area contributed by atoms with Gasteiger partial charge < -0.3 is 5.73 Å². The topological polar surface area (TPSA) is 46.3 Å². The smallest absolute Gasteiger partial charge is 0.231 e. The first-order valence-electron chi connectivity index (χ1n) is 3.77. The Kier molecular flexibility index (Phi) is 4.14. The molecule has 0 aliphatic carbocycles. The van der Waals surface area contributed by atoms with Gasteiger partial charge in [-0.05, 0) is 35.7 Å². The van der Waals surface area contributed by atoms with E-state index in [9.17, 15) is 4.79 Å². The Morgan fingerprint density at radius 1 is 1.77 bits per heavy atom. The Morgan fingerprint density at radius 2 is 2.46 bits per heavy atom. The van der Waals surface area contributed by atoms with Crippen LogP contribution in [-0.2, 0) is 11.3 Å². The van der Waals surface area contributed by atoms with E-state index in [1.54, 1.807) is 11.3 Å². The number of nitrogens with zero attached hydrogens (tertiary/aromatic N) is 1. The summed E-state index contributed by atoms with van der Waals surface area (Å²) in [6, 6.07) is 2.11. The van der Waals surface area contributed by atoms with Crippen LogP contribution in [0, 0.1) is 3.57 Å². The molecule has 0 fully saturated rings. The summed E-state index contributed by atoms with van der Waals surface area (Å²) in [5.74, 6) is -0.284. The van der Waals surface area contributed by atoms with Crippen LogP contribution in [0.4, 0.5) is 0 Å². The van der Waals surface area contributed by atoms with Gasteiger partial charge in [0.2, 0.25) is 5.91 Å². The van der Waals surface area contributed by atoms with Gasteiger partial charge in [0.25, 0.3) is 0 Å². The summed E-state index contributed by atoms with van der Waals surface area (Å²) in [5.41, 5.74) is 5.07. The maximum Gasteiger partial charge on any atom is 0.231 e. The minimum absolute atomic E-state index is 0.284. The van der Waals surface area contributed by atoms with Crippen molar-refractivity contribution in [2.75, 3.05) is 13.6 Å². The summed E-state index contributed by atoms with van der Waals surface area (Å²) in [6.45, 7) is 1.10. The molecule has 0 atom stereocenters. The molecule has 0 unspecified atom stereocenters. The molecule has 0 spiro atoms. The molecule has 0 saturated carbocycles. The van der Waals surface area contributed by atoms with Gasteiger partial charge in [-0.2, -0.15) is 0 Å². The summed E-state index contributed by atoms with van der Waals surface area (Å²) < 4.78 is 1.24. The second-order valence-electron chi connectivity index (χ2n) is 2.87. The average molecular weight is 310 g/mol. The number of rotatable bonds is 4. The molecule has 0 aliphatic heterocycles. The second-order valence-corrected chi connectivity index (χ2v) is 5.11. The fourth-order valence-corrected chi connectivity index (χ4v) is 2.82. The van der Waals surface area contributed by atoms with E-state index in [0.717, 1.165) is 6.54 Å². The molecule has 0 aliphatic rings. The fraction of sp³-hybridized carbons (Fsp3) is 0.375. The van der Waals surface area contributed by atoms with Gasteiger partial charge in [-0.1, -0.05) is 0 Å². The van der Waals surface area contributed by atoms with Crippen LogP contribution in [0.15, 0.2) is 11.4 Å². The van der Waals surface area contributed by atoms with Crippen molar-refractivity contribution < 1.29 is 4.79 Å². The molecule has 13 heavy (non-hydrogen) atoms. The summed E-state index contributed by atoms with van der Waals surface area (Å²) >= 11 is 3.98. The van der Waals surface area contributed by atoms with Gasteiger partial charge in [0.05, 0.1) is 6.54 Å². The van der Waals surface area contributed by atoms with Crippen molar-refractivity contribution in [3.8, 4) is 0 Å². The van der Waals surface area contributed by atoms with E-state index in [4.69, 9.17) is 5.73 Å². The first-order chi connectivity index (χ1) is 6.08. The van der Waals surface area contributed by atoms with Crippen LogP contribution in [0.25, 0.3) is 0 Å². The number of nitrogens with two attached hydrogens (primary N) is 1. The number of hydrogen-bond donors (Lipinski definition) is 1. The van der Waals surface area contributed by atoms with Crippen LogP contribution in [0.1, 0.15) is 4.88 Å². The Hall–Kier alpha value is -0.140. The molecule has 0 radical (unpaired) electrons. The largest absolute Gasteiger partial charge is 0.369 e. The Bertz CT molecular complexity index is 300. The van der Waals surface area contributed by atoms with Gasteiger partial charge >= 0.3 is 0 Å². The third-order valence-electron chi connectivity index (χ3n) is 1.47. The summed E-state index contributed by atoms with van der Waals surface area (Å²) in [4.78, 5) is 13.8. The molecule has 1 aromatic heterocycles. The van der Waals surface area contributed by atoms with E-state index in [-0.39, 0.29) is 5.91 Å². The van der Waals surface area contributed by atoms with Crippen molar-refractivity contribution in [3.05, 3.63) is 19.9 Å². The average Bonchev–Trinajstić information content (AvgIpc) is 2.33. The van der Waals surface area contributed by atoms with Gasteiger partial charge in [-0.15, -0.1) is 11.3 Å². The molecular formula is C8H11IN2OS. The molecule has 0 aromatic carbocycles. The van der Waals surface area contributed by atoms with Crippen molar-refractivity contribution in [1.82, 2.24) is 4.90 Å². The van der Waals surface area contributed by atoms with Crippen LogP contribution in [0.2, 0.25) is 0 Å². The molecule has 2 N–H and O–H groups in total. The maximum absolute atomic E-state index is 10.6. The van der Waals surface area contributed by atoms with Crippen LogP contribution in [-0.4, -0.2) is 24.4 Å². The zero-order chi connectivity index (χ0) is 9.84. The normalized spacial score (nSPS) is 10.7. The molecule has 72 valence electrons. The first kappa shape index (κ1) is 10.9. The van der Waals surface area contributed by atoms with Gasteiger partial charge in [0, 0.05) is 20.4 Å². The minimum atomic E-state index is -0.284. The highest BCUT2D eigenvalue weighted by Crippen LogP contribution is 2.17. The lowest BCUT2D eigenvalue weighted by Crippen LogP contribution is -2.29. The minimum Gasteiger partial charge on any atom is -0.369 e. The molecule has 0 saturated heterocycles. The number of carbonyl (C=O) groups is 1. The van der Waals surface area contributed by atoms with Gasteiger partial charge in [-0.25, -0.2) is 0 Å². The van der Waals surface area contributed by atoms with Crippen LogP contribution in [0.3, 0.4) is 0 Å². The molecule has 1 aromatic rings. The Balaban J connectivity index is 2.44. The van der Waals surface area contributed by atoms with Crippen LogP contribution < -0.4 is 5.73 Å². The molecule has 5 heteroatoms. The quantitative estimate of drug-likeness (QED) is 0.851. The molecule has 3 nitrogen and oxygen atoms in total. The molecule has 1 rings (SSSR count). The highest BCUT2D eigenvalue weighted by molar-refractivity contribution is 14.1. The van der Waals surface area contributed by atoms with E-state index >= 15 is 0 Å². The number of carbonyl (C=O) groups excluding carboxylic acids is 1. The predicted octanol–water partition coefficient (Wildman–Crippen LogP) is 1.27. The third-order valence-corrected chi connectivity index (χ3v) is 3.44. The van der Waals surface area contributed by atoms with Crippen molar-refractivity contribution in [2.45, 2.75) is 6.54 Å². The number of likely N-dealkylation sites (N-methyl/N-ethyl adjacent to an activating group) is 1. The summed E-state index contributed by atoms with van der Waals surface area (Å²) in [7, 11) is 1.89. The molecule has 0 bridgehead atoms. The zero-order valence-electron chi connectivity index (χ0n) is 7.29. The first-order valence-corrected chi connectivity index (χ1v) is 5.73. The van der Waals surface area contributed by atoms with Crippen LogP contribution >= 0.6 is 33.9 Å². The van der Waals surface area contributed by atoms with Gasteiger partial charge in [0.1, 0.15) is 0 Å². The van der Waals surface area contributed by atoms with E-state index in [2.05, 4.69) is 34.0 Å². The van der Waals surface area contributed by atoms with Gasteiger partial charge in [-0.3, -0.25) is 9.69 Å². The standard InChI is InChI=1S/C8H11IN2OS/c1-11(4-8(10)12)3-7-2-6(9)5-13-7/h2,5H,3-4H2,1H3,(H2,10,12). The SMILES string of the molecule is CN(CC(N)=O)Cc1cc(I)cs1. The van der Waals surface area contributed by atoms with Crippen molar-refractivity contribution in [1.29, 1.82) is 0 Å². The van der Waals surface area contributed by atoms with Crippen molar-refractivity contribution in [2.24, 2.45) is 5.73 Å². The van der Waals surface area contributed by atoms with E-state index in [1.165, 1.54) is 8.45 Å². The molecule has 1 heterocycles. The highest BCUT2D eigenvalue weighted by atomic mass is 127. The number of amides is 1. The predicted molar refractivity (Wildman–Crippen MR) is 62.6 cm³/mol. The van der Waals surface area contributed by atoms with Crippen molar-refractivity contribution in [3.63, 3.8) is 0 Å². The van der Waals surface area contributed by atoms with Crippen molar-refractivity contribution >= 4 is 39.8 Å². The Morgan fingerprint density at radius 3 is 2.92 bits per heavy atom. The monoisotopic (exact) mass is 310 g/mol. The molecular weight excluding hydrogens is 299 g/mol.